The van der Waals surface area contributed by atoms with Crippen molar-refractivity contribution in [1.29, 1.82) is 0 Å². The van der Waals surface area contributed by atoms with Gasteiger partial charge in [0.2, 0.25) is 5.78 Å². The number of nitrogens with zero attached hydrogens (tertiary/aromatic N) is 1. The number of dihydropyridines is 1. The summed E-state index contributed by atoms with van der Waals surface area (Å²) in [5.41, 5.74) is 2.54. The number of nitrogens with one attached hydrogen (secondary N) is 1. The number of hydrogen-bond donors (Lipinski definition) is 1. The number of nitro groups is 1. The molecule has 1 aliphatic carbocycles. The van der Waals surface area contributed by atoms with Crippen molar-refractivity contribution in [3.8, 4) is 0 Å². The Balaban J connectivity index is 0.000000249. The molecule has 1 unspecified atom stereocenters. The first-order valence-corrected chi connectivity index (χ1v) is 13.3. The van der Waals surface area contributed by atoms with Crippen LogP contribution >= 0.6 is 0 Å². The summed E-state index contributed by atoms with van der Waals surface area (Å²) < 4.78 is 14.5. The van der Waals surface area contributed by atoms with Crippen molar-refractivity contribution in [2.45, 2.75) is 25.7 Å². The fourth-order valence-electron chi connectivity index (χ4n) is 5.03. The van der Waals surface area contributed by atoms with Crippen LogP contribution < -0.4 is 5.32 Å². The minimum absolute atomic E-state index is 0.0737. The van der Waals surface area contributed by atoms with E-state index in [0.717, 1.165) is 5.56 Å². The Bertz CT molecular complexity index is 1590. The molecule has 0 bridgehead atoms. The van der Waals surface area contributed by atoms with Crippen molar-refractivity contribution in [3.05, 3.63) is 135 Å². The van der Waals surface area contributed by atoms with Gasteiger partial charge in [-0.3, -0.25) is 19.7 Å². The molecule has 0 spiro atoms. The molecule has 2 aromatic carbocycles. The lowest BCUT2D eigenvalue weighted by atomic mass is 9.79. The molecule has 1 N–H and O–H groups in total. The van der Waals surface area contributed by atoms with Gasteiger partial charge in [0.1, 0.15) is 0 Å². The van der Waals surface area contributed by atoms with Gasteiger partial charge in [0.25, 0.3) is 5.69 Å². The van der Waals surface area contributed by atoms with Crippen LogP contribution in [-0.2, 0) is 33.4 Å². The molecule has 2 aromatic rings. The first kappa shape index (κ1) is 32.9. The fourth-order valence-corrected chi connectivity index (χ4v) is 5.03. The van der Waals surface area contributed by atoms with E-state index in [0.29, 0.717) is 17.0 Å². The third-order valence-corrected chi connectivity index (χ3v) is 7.04. The number of ether oxygens (including phenoxy) is 3. The number of benzene rings is 2. The predicted octanol–water partition coefficient (Wildman–Crippen LogP) is 4.74. The number of allylic oxidation sites excluding steroid dienone is 6. The third kappa shape index (κ3) is 6.89. The summed E-state index contributed by atoms with van der Waals surface area (Å²) in [4.78, 5) is 59.4. The molecular weight excluding hydrogens is 568 g/mol. The van der Waals surface area contributed by atoms with Crippen LogP contribution in [0.4, 0.5) is 5.69 Å². The van der Waals surface area contributed by atoms with E-state index in [1.165, 1.54) is 51.7 Å². The Labute approximate surface area is 254 Å². The average molecular weight is 601 g/mol. The van der Waals surface area contributed by atoms with Crippen molar-refractivity contribution in [3.63, 3.8) is 0 Å². The van der Waals surface area contributed by atoms with Crippen LogP contribution in [0.15, 0.2) is 113 Å². The van der Waals surface area contributed by atoms with E-state index in [4.69, 9.17) is 14.2 Å². The second kappa shape index (κ2) is 14.5. The van der Waals surface area contributed by atoms with Crippen LogP contribution in [0, 0.1) is 10.1 Å². The molecule has 44 heavy (non-hydrogen) atoms. The summed E-state index contributed by atoms with van der Waals surface area (Å²) in [5.74, 6) is -3.05. The molecule has 0 saturated carbocycles. The zero-order valence-corrected chi connectivity index (χ0v) is 24.9. The van der Waals surface area contributed by atoms with E-state index in [-0.39, 0.29) is 45.6 Å². The summed E-state index contributed by atoms with van der Waals surface area (Å²) in [6.45, 7) is 7.04. The zero-order valence-electron chi connectivity index (χ0n) is 24.9. The smallest absolute Gasteiger partial charge is 0.336 e. The summed E-state index contributed by atoms with van der Waals surface area (Å²) in [6.07, 6.45) is 4.23. The van der Waals surface area contributed by atoms with Crippen molar-refractivity contribution in [1.82, 2.24) is 5.32 Å². The quantitative estimate of drug-likeness (QED) is 0.148. The molecular formula is C33H32N2O9. The van der Waals surface area contributed by atoms with Gasteiger partial charge in [-0.2, -0.15) is 0 Å². The van der Waals surface area contributed by atoms with Gasteiger partial charge in [0, 0.05) is 40.6 Å². The van der Waals surface area contributed by atoms with E-state index in [9.17, 15) is 29.3 Å². The van der Waals surface area contributed by atoms with Crippen LogP contribution in [0.5, 0.6) is 0 Å². The molecule has 0 fully saturated rings. The van der Waals surface area contributed by atoms with Crippen LogP contribution in [-0.4, -0.2) is 49.8 Å². The number of methoxy groups -OCH3 is 3. The number of carbonyl (C=O) groups is 4. The molecule has 2 aliphatic rings. The summed E-state index contributed by atoms with van der Waals surface area (Å²) in [6, 6.07) is 15.4. The number of rotatable bonds is 8. The van der Waals surface area contributed by atoms with Gasteiger partial charge in [-0.1, -0.05) is 54.6 Å². The van der Waals surface area contributed by atoms with Crippen molar-refractivity contribution >= 4 is 29.2 Å². The molecule has 4 rings (SSSR count). The summed E-state index contributed by atoms with van der Waals surface area (Å²) in [5, 5.41) is 14.4. The van der Waals surface area contributed by atoms with Crippen molar-refractivity contribution < 1.29 is 38.3 Å². The van der Waals surface area contributed by atoms with Gasteiger partial charge >= 0.3 is 11.9 Å². The predicted molar refractivity (Wildman–Crippen MR) is 161 cm³/mol. The van der Waals surface area contributed by atoms with E-state index in [1.807, 2.05) is 30.3 Å². The van der Waals surface area contributed by atoms with Crippen LogP contribution in [0.25, 0.3) is 0 Å². The summed E-state index contributed by atoms with van der Waals surface area (Å²) in [7, 11) is 3.79. The Kier molecular flexibility index (Phi) is 10.9. The highest BCUT2D eigenvalue weighted by atomic mass is 16.6. The Morgan fingerprint density at radius 1 is 0.886 bits per heavy atom. The number of esters is 2. The molecule has 228 valence electrons. The van der Waals surface area contributed by atoms with Crippen molar-refractivity contribution in [2.75, 3.05) is 21.3 Å². The van der Waals surface area contributed by atoms with E-state index in [2.05, 4.69) is 11.9 Å². The van der Waals surface area contributed by atoms with E-state index >= 15 is 0 Å². The molecule has 1 aliphatic heterocycles. The normalized spacial score (nSPS) is 15.6. The molecule has 1 atom stereocenters. The first-order chi connectivity index (χ1) is 21.0. The van der Waals surface area contributed by atoms with Crippen molar-refractivity contribution in [2.24, 2.45) is 0 Å². The number of para-hydroxylation sites is 1. The lowest BCUT2D eigenvalue weighted by molar-refractivity contribution is -0.385. The lowest BCUT2D eigenvalue weighted by Crippen LogP contribution is -2.32. The van der Waals surface area contributed by atoms with Crippen LogP contribution in [0.1, 0.15) is 36.8 Å². The molecule has 11 nitrogen and oxygen atoms in total. The van der Waals surface area contributed by atoms with Gasteiger partial charge in [-0.15, -0.1) is 6.58 Å². The largest absolute Gasteiger partial charge is 0.493 e. The van der Waals surface area contributed by atoms with Gasteiger partial charge < -0.3 is 19.5 Å². The highest BCUT2D eigenvalue weighted by Crippen LogP contribution is 2.42. The first-order valence-electron chi connectivity index (χ1n) is 13.3. The molecule has 0 amide bonds. The molecule has 0 radical (unpaired) electrons. The standard InChI is InChI=1S/C17H18N2O6.C16H14O3/c1-9-13(16(20)24-3)15(14(10(2)18-9)17(21)25-4)11-7-5-6-8-12(11)19(22)23;1-3-12(11-7-5-4-6-8-11)13-9-15(18)16(19-2)10-14(13)17/h5-8,15,18H,1-4H3;3-10,12H,1H2,2H3. The van der Waals surface area contributed by atoms with Gasteiger partial charge in [-0.05, 0) is 25.5 Å². The fraction of sp³-hybridized carbons (Fsp3) is 0.212. The Morgan fingerprint density at radius 3 is 1.93 bits per heavy atom. The molecule has 11 heteroatoms. The Morgan fingerprint density at radius 2 is 1.43 bits per heavy atom. The van der Waals surface area contributed by atoms with Gasteiger partial charge in [0.15, 0.2) is 11.5 Å². The van der Waals surface area contributed by atoms with Crippen LogP contribution in [0.3, 0.4) is 0 Å². The number of carbonyl (C=O) groups excluding carboxylic acids is 4. The number of hydrogen-bond acceptors (Lipinski definition) is 10. The molecule has 1 heterocycles. The average Bonchev–Trinajstić information content (AvgIpc) is 3.02. The number of nitro benzene ring substituents is 1. The van der Waals surface area contributed by atoms with Crippen LogP contribution in [0.2, 0.25) is 0 Å². The maximum atomic E-state index is 12.3. The minimum Gasteiger partial charge on any atom is -0.493 e. The molecule has 0 saturated heterocycles. The molecule has 0 aromatic heterocycles. The lowest BCUT2D eigenvalue weighted by Gasteiger charge is -2.29. The maximum absolute atomic E-state index is 12.3. The second-order valence-corrected chi connectivity index (χ2v) is 9.60. The summed E-state index contributed by atoms with van der Waals surface area (Å²) >= 11 is 0. The van der Waals surface area contributed by atoms with E-state index < -0.39 is 22.8 Å². The monoisotopic (exact) mass is 600 g/mol. The SMILES string of the molecule is C=CC(C1=CC(=O)C(OC)=CC1=O)c1ccccc1.COC(=O)C1=C(C)NC(C)=C(C(=O)OC)C1c1ccccc1[N+](=O)[O-]. The van der Waals surface area contributed by atoms with Gasteiger partial charge in [-0.25, -0.2) is 9.59 Å². The maximum Gasteiger partial charge on any atom is 0.336 e. The topological polar surface area (TPSA) is 151 Å². The Hall–Kier alpha value is -5.58. The third-order valence-electron chi connectivity index (χ3n) is 7.04. The highest BCUT2D eigenvalue weighted by Gasteiger charge is 2.40. The van der Waals surface area contributed by atoms with E-state index in [1.54, 1.807) is 26.0 Å². The highest BCUT2D eigenvalue weighted by molar-refractivity contribution is 6.19. The second-order valence-electron chi connectivity index (χ2n) is 9.60. The number of ketones is 2. The zero-order chi connectivity index (χ0) is 32.6. The minimum atomic E-state index is -0.970. The van der Waals surface area contributed by atoms with Gasteiger partial charge in [0.05, 0.1) is 43.3 Å².